The van der Waals surface area contributed by atoms with E-state index in [4.69, 9.17) is 0 Å². The summed E-state index contributed by atoms with van der Waals surface area (Å²) < 4.78 is 0. The monoisotopic (exact) mass is 269 g/mol. The molecule has 1 aliphatic heterocycles. The molecule has 1 heterocycles. The van der Waals surface area contributed by atoms with E-state index in [2.05, 4.69) is 36.3 Å². The third-order valence-electron chi connectivity index (χ3n) is 4.42. The molecule has 1 amide bonds. The Morgan fingerprint density at radius 2 is 1.89 bits per heavy atom. The van der Waals surface area contributed by atoms with Crippen LogP contribution in [0.5, 0.6) is 0 Å². The number of carbonyl (C=O) groups excluding carboxylic acids is 1. The molecule has 1 saturated heterocycles. The quantitative estimate of drug-likeness (QED) is 0.704. The lowest BCUT2D eigenvalue weighted by Crippen LogP contribution is -2.48. The van der Waals surface area contributed by atoms with E-state index >= 15 is 0 Å². The molecule has 0 atom stereocenters. The highest BCUT2D eigenvalue weighted by atomic mass is 16.2. The Kier molecular flexibility index (Phi) is 7.39. The smallest absolute Gasteiger partial charge is 0.226 e. The van der Waals surface area contributed by atoms with Gasteiger partial charge in [-0.1, -0.05) is 20.8 Å². The van der Waals surface area contributed by atoms with Crippen LogP contribution in [0.2, 0.25) is 0 Å². The van der Waals surface area contributed by atoms with E-state index in [0.717, 1.165) is 58.5 Å². The van der Waals surface area contributed by atoms with Gasteiger partial charge in [0.05, 0.1) is 5.41 Å². The summed E-state index contributed by atoms with van der Waals surface area (Å²) in [6.45, 7) is 12.4. The minimum atomic E-state index is -0.118. The number of nitrogens with zero attached hydrogens (tertiary/aromatic N) is 1. The number of amides is 1. The number of hydrogen-bond acceptors (Lipinski definition) is 3. The molecule has 0 aromatic heterocycles. The molecule has 0 aliphatic carbocycles. The van der Waals surface area contributed by atoms with Gasteiger partial charge in [-0.25, -0.2) is 0 Å². The maximum Gasteiger partial charge on any atom is 0.226 e. The zero-order valence-corrected chi connectivity index (χ0v) is 12.9. The zero-order chi connectivity index (χ0) is 14.1. The fourth-order valence-electron chi connectivity index (χ4n) is 2.91. The number of likely N-dealkylation sites (N-methyl/N-ethyl adjacent to an activating group) is 1. The van der Waals surface area contributed by atoms with Gasteiger partial charge in [0, 0.05) is 13.1 Å². The van der Waals surface area contributed by atoms with Gasteiger partial charge in [0.25, 0.3) is 0 Å². The van der Waals surface area contributed by atoms with E-state index in [1.807, 2.05) is 0 Å². The molecule has 0 aromatic carbocycles. The highest BCUT2D eigenvalue weighted by Crippen LogP contribution is 2.32. The lowest BCUT2D eigenvalue weighted by molar-refractivity contribution is -0.132. The number of piperidine rings is 1. The number of hydrogen-bond donors (Lipinski definition) is 2. The van der Waals surface area contributed by atoms with Crippen LogP contribution >= 0.6 is 0 Å². The van der Waals surface area contributed by atoms with Crippen LogP contribution in [-0.2, 0) is 4.79 Å². The van der Waals surface area contributed by atoms with Crippen LogP contribution in [0.4, 0.5) is 0 Å². The Bertz CT molecular complexity index is 262. The van der Waals surface area contributed by atoms with Crippen LogP contribution in [0.25, 0.3) is 0 Å². The van der Waals surface area contributed by atoms with Gasteiger partial charge < -0.3 is 15.5 Å². The van der Waals surface area contributed by atoms with E-state index in [1.165, 1.54) is 6.42 Å². The summed E-state index contributed by atoms with van der Waals surface area (Å²) in [7, 11) is 0. The van der Waals surface area contributed by atoms with Crippen LogP contribution in [0.15, 0.2) is 0 Å². The van der Waals surface area contributed by atoms with Gasteiger partial charge in [-0.3, -0.25) is 4.79 Å². The number of carbonyl (C=O) groups is 1. The Labute approximate surface area is 118 Å². The summed E-state index contributed by atoms with van der Waals surface area (Å²) in [5.74, 6) is 0.268. The van der Waals surface area contributed by atoms with E-state index < -0.39 is 0 Å². The maximum atomic E-state index is 12.4. The van der Waals surface area contributed by atoms with Crippen molar-refractivity contribution in [2.45, 2.75) is 46.5 Å². The Hall–Kier alpha value is -0.610. The molecule has 2 N–H and O–H groups in total. The summed E-state index contributed by atoms with van der Waals surface area (Å²) in [4.78, 5) is 14.8. The first-order valence-corrected chi connectivity index (χ1v) is 7.90. The van der Waals surface area contributed by atoms with E-state index in [-0.39, 0.29) is 11.3 Å². The predicted molar refractivity (Wildman–Crippen MR) is 80.2 cm³/mol. The third kappa shape index (κ3) is 4.77. The lowest BCUT2D eigenvalue weighted by Gasteiger charge is -2.35. The average Bonchev–Trinajstić information content (AvgIpc) is 2.46. The third-order valence-corrected chi connectivity index (χ3v) is 4.42. The zero-order valence-electron chi connectivity index (χ0n) is 12.9. The maximum absolute atomic E-state index is 12.4. The van der Waals surface area contributed by atoms with Crippen LogP contribution in [0.1, 0.15) is 46.5 Å². The first-order valence-electron chi connectivity index (χ1n) is 7.90. The largest absolute Gasteiger partial charge is 0.354 e. The molecule has 1 rings (SSSR count). The molecule has 0 aromatic rings. The highest BCUT2D eigenvalue weighted by molar-refractivity contribution is 5.82. The molecule has 0 spiro atoms. The van der Waals surface area contributed by atoms with Gasteiger partial charge >= 0.3 is 0 Å². The number of rotatable bonds is 8. The van der Waals surface area contributed by atoms with Crippen molar-refractivity contribution in [1.82, 2.24) is 15.5 Å². The van der Waals surface area contributed by atoms with Crippen molar-refractivity contribution in [3.63, 3.8) is 0 Å². The van der Waals surface area contributed by atoms with E-state index in [0.29, 0.717) is 0 Å². The normalized spacial score (nSPS) is 18.5. The molecule has 112 valence electrons. The Balaban J connectivity index is 2.36. The van der Waals surface area contributed by atoms with E-state index in [9.17, 15) is 4.79 Å². The molecule has 19 heavy (non-hydrogen) atoms. The minimum Gasteiger partial charge on any atom is -0.354 e. The molecule has 0 radical (unpaired) electrons. The van der Waals surface area contributed by atoms with Crippen LogP contribution in [-0.4, -0.2) is 50.1 Å². The molecule has 0 bridgehead atoms. The van der Waals surface area contributed by atoms with E-state index in [1.54, 1.807) is 0 Å². The predicted octanol–water partition coefficient (Wildman–Crippen LogP) is 1.61. The van der Waals surface area contributed by atoms with Crippen LogP contribution in [0.3, 0.4) is 0 Å². The fraction of sp³-hybridized carbons (Fsp3) is 0.933. The van der Waals surface area contributed by atoms with Gasteiger partial charge in [0.15, 0.2) is 0 Å². The summed E-state index contributed by atoms with van der Waals surface area (Å²) in [5, 5.41) is 6.50. The van der Waals surface area contributed by atoms with Gasteiger partial charge in [0.2, 0.25) is 5.91 Å². The van der Waals surface area contributed by atoms with Crippen molar-refractivity contribution in [2.75, 3.05) is 39.3 Å². The summed E-state index contributed by atoms with van der Waals surface area (Å²) in [6, 6.07) is 0. The molecular formula is C15H31N3O. The second-order valence-electron chi connectivity index (χ2n) is 5.57. The summed E-state index contributed by atoms with van der Waals surface area (Å²) >= 11 is 0. The molecule has 0 saturated carbocycles. The SMILES string of the molecule is CCCN(CC)CCNC(=O)C1(CC)CCNCC1. The summed E-state index contributed by atoms with van der Waals surface area (Å²) in [5.41, 5.74) is -0.118. The molecule has 1 fully saturated rings. The Morgan fingerprint density at radius 1 is 1.21 bits per heavy atom. The van der Waals surface area contributed by atoms with Crippen molar-refractivity contribution in [3.8, 4) is 0 Å². The lowest BCUT2D eigenvalue weighted by atomic mass is 9.76. The standard InChI is InChI=1S/C15H31N3O/c1-4-12-18(6-3)13-11-17-14(19)15(5-2)7-9-16-10-8-15/h16H,4-13H2,1-3H3,(H,17,19). The Morgan fingerprint density at radius 3 is 2.42 bits per heavy atom. The van der Waals surface area contributed by atoms with Gasteiger partial charge in [-0.15, -0.1) is 0 Å². The average molecular weight is 269 g/mol. The first-order chi connectivity index (χ1) is 9.18. The topological polar surface area (TPSA) is 44.4 Å². The van der Waals surface area contributed by atoms with Crippen molar-refractivity contribution in [1.29, 1.82) is 0 Å². The second-order valence-corrected chi connectivity index (χ2v) is 5.57. The molecular weight excluding hydrogens is 238 g/mol. The number of nitrogens with one attached hydrogen (secondary N) is 2. The molecule has 1 aliphatic rings. The molecule has 4 heteroatoms. The van der Waals surface area contributed by atoms with Gasteiger partial charge in [-0.05, 0) is 51.9 Å². The molecule has 0 unspecified atom stereocenters. The van der Waals surface area contributed by atoms with Crippen molar-refractivity contribution < 1.29 is 4.79 Å². The van der Waals surface area contributed by atoms with Crippen LogP contribution in [0, 0.1) is 5.41 Å². The summed E-state index contributed by atoms with van der Waals surface area (Å²) in [6.07, 6.45) is 4.07. The first kappa shape index (κ1) is 16.4. The van der Waals surface area contributed by atoms with Crippen molar-refractivity contribution >= 4 is 5.91 Å². The minimum absolute atomic E-state index is 0.118. The fourth-order valence-corrected chi connectivity index (χ4v) is 2.91. The van der Waals surface area contributed by atoms with Crippen molar-refractivity contribution in [3.05, 3.63) is 0 Å². The van der Waals surface area contributed by atoms with Crippen LogP contribution < -0.4 is 10.6 Å². The van der Waals surface area contributed by atoms with Crippen molar-refractivity contribution in [2.24, 2.45) is 5.41 Å². The van der Waals surface area contributed by atoms with Gasteiger partial charge in [-0.2, -0.15) is 0 Å². The second kappa shape index (κ2) is 8.54. The van der Waals surface area contributed by atoms with Gasteiger partial charge in [0.1, 0.15) is 0 Å². The molecule has 4 nitrogen and oxygen atoms in total. The highest BCUT2D eigenvalue weighted by Gasteiger charge is 2.37.